The van der Waals surface area contributed by atoms with Crippen molar-refractivity contribution in [2.24, 2.45) is 0 Å². The van der Waals surface area contributed by atoms with Crippen molar-refractivity contribution in [2.75, 3.05) is 0 Å². The molecule has 4 rings (SSSR count). The second-order valence-corrected chi connectivity index (χ2v) is 5.22. The fraction of sp³-hybridized carbons (Fsp3) is 0. The van der Waals surface area contributed by atoms with Crippen LogP contribution in [0.3, 0.4) is 0 Å². The van der Waals surface area contributed by atoms with Gasteiger partial charge < -0.3 is 0 Å². The highest BCUT2D eigenvalue weighted by Crippen LogP contribution is 2.35. The normalized spacial score (nSPS) is 10.7. The maximum absolute atomic E-state index is 14.8. The molecular weight excluding hydrogens is 305 g/mol. The Kier molecular flexibility index (Phi) is 3.25. The van der Waals surface area contributed by atoms with Gasteiger partial charge in [-0.1, -0.05) is 12.1 Å². The summed E-state index contributed by atoms with van der Waals surface area (Å²) in [4.78, 5) is 8.20. The van der Waals surface area contributed by atoms with Crippen molar-refractivity contribution in [1.82, 2.24) is 20.2 Å². The maximum Gasteiger partial charge on any atom is 0.151 e. The van der Waals surface area contributed by atoms with Crippen LogP contribution in [0, 0.1) is 17.1 Å². The number of hydrogen-bond acceptors (Lipinski definition) is 4. The molecular formula is C18H10FN5. The van der Waals surface area contributed by atoms with Crippen molar-refractivity contribution >= 4 is 10.9 Å². The third kappa shape index (κ3) is 2.20. The van der Waals surface area contributed by atoms with Crippen molar-refractivity contribution < 1.29 is 4.39 Å². The molecule has 5 nitrogen and oxygen atoms in total. The molecule has 0 saturated carbocycles. The van der Waals surface area contributed by atoms with E-state index >= 15 is 0 Å². The molecule has 0 atom stereocenters. The van der Waals surface area contributed by atoms with Crippen molar-refractivity contribution in [3.8, 4) is 28.5 Å². The molecule has 0 aliphatic carbocycles. The van der Waals surface area contributed by atoms with E-state index in [-0.39, 0.29) is 11.1 Å². The van der Waals surface area contributed by atoms with E-state index in [2.05, 4.69) is 20.2 Å². The number of nitrogens with one attached hydrogen (secondary N) is 1. The lowest BCUT2D eigenvalue weighted by Crippen LogP contribution is -1.96. The first kappa shape index (κ1) is 14.0. The first-order valence-corrected chi connectivity index (χ1v) is 7.20. The number of H-pyrrole nitrogens is 1. The average molecular weight is 315 g/mol. The fourth-order valence-corrected chi connectivity index (χ4v) is 2.69. The predicted octanol–water partition coefficient (Wildman–Crippen LogP) is 3.70. The summed E-state index contributed by atoms with van der Waals surface area (Å²) < 4.78 is 14.8. The molecule has 0 radical (unpaired) electrons. The topological polar surface area (TPSA) is 78.2 Å². The largest absolute Gasteiger partial charge is 0.278 e. The first-order valence-electron chi connectivity index (χ1n) is 7.20. The summed E-state index contributed by atoms with van der Waals surface area (Å²) in [5, 5.41) is 16.9. The van der Waals surface area contributed by atoms with Crippen molar-refractivity contribution in [3.63, 3.8) is 0 Å². The van der Waals surface area contributed by atoms with Gasteiger partial charge in [-0.05, 0) is 29.3 Å². The first-order chi connectivity index (χ1) is 11.8. The predicted molar refractivity (Wildman–Crippen MR) is 87.2 cm³/mol. The van der Waals surface area contributed by atoms with Gasteiger partial charge in [0.25, 0.3) is 0 Å². The van der Waals surface area contributed by atoms with Gasteiger partial charge in [0, 0.05) is 23.3 Å². The highest BCUT2D eigenvalue weighted by atomic mass is 19.1. The highest BCUT2D eigenvalue weighted by Gasteiger charge is 2.18. The average Bonchev–Trinajstić information content (AvgIpc) is 3.10. The van der Waals surface area contributed by atoms with Crippen LogP contribution in [0.2, 0.25) is 0 Å². The molecule has 0 aliphatic rings. The Balaban J connectivity index is 2.01. The number of aromatic nitrogens is 4. The summed E-state index contributed by atoms with van der Waals surface area (Å²) in [6.45, 7) is 0. The van der Waals surface area contributed by atoms with Gasteiger partial charge in [0.15, 0.2) is 5.82 Å². The quantitative estimate of drug-likeness (QED) is 0.612. The van der Waals surface area contributed by atoms with E-state index in [1.807, 2.05) is 24.3 Å². The van der Waals surface area contributed by atoms with E-state index in [9.17, 15) is 4.39 Å². The Morgan fingerprint density at radius 2 is 2.00 bits per heavy atom. The number of halogens is 1. The Labute approximate surface area is 136 Å². The summed E-state index contributed by atoms with van der Waals surface area (Å²) in [5.74, 6) is -0.595. The number of rotatable bonds is 2. The lowest BCUT2D eigenvalue weighted by Gasteiger charge is -2.11. The van der Waals surface area contributed by atoms with Crippen LogP contribution in [0.1, 0.15) is 5.56 Å². The highest BCUT2D eigenvalue weighted by molar-refractivity contribution is 5.89. The standard InChI is InChI=1S/C18H10FN5/c19-18-12(8-20)1-3-14(17(18)16-10-21-5-6-22-16)11-2-4-15-13(7-11)9-23-24-15/h1-7,9-10H,(H,23,24). The zero-order chi connectivity index (χ0) is 16.5. The second kappa shape index (κ2) is 5.56. The SMILES string of the molecule is N#Cc1ccc(-c2ccc3[nH]ncc3c2)c(-c2cnccn2)c1F. The summed E-state index contributed by atoms with van der Waals surface area (Å²) in [7, 11) is 0. The van der Waals surface area contributed by atoms with Gasteiger partial charge in [-0.2, -0.15) is 10.4 Å². The minimum absolute atomic E-state index is 0.0243. The zero-order valence-corrected chi connectivity index (χ0v) is 12.4. The number of nitrogens with zero attached hydrogens (tertiary/aromatic N) is 4. The van der Waals surface area contributed by atoms with Gasteiger partial charge in [0.2, 0.25) is 0 Å². The third-order valence-corrected chi connectivity index (χ3v) is 3.83. The Hall–Kier alpha value is -3.59. The molecule has 6 heteroatoms. The van der Waals surface area contributed by atoms with Gasteiger partial charge in [-0.15, -0.1) is 0 Å². The van der Waals surface area contributed by atoms with E-state index in [0.717, 1.165) is 16.5 Å². The van der Waals surface area contributed by atoms with E-state index in [4.69, 9.17) is 5.26 Å². The number of nitriles is 1. The Bertz CT molecular complexity index is 1080. The van der Waals surface area contributed by atoms with Gasteiger partial charge in [-0.3, -0.25) is 15.1 Å². The number of fused-ring (bicyclic) bond motifs is 1. The monoisotopic (exact) mass is 315 g/mol. The van der Waals surface area contributed by atoms with E-state index < -0.39 is 5.82 Å². The molecule has 0 amide bonds. The summed E-state index contributed by atoms with van der Waals surface area (Å²) >= 11 is 0. The van der Waals surface area contributed by atoms with Gasteiger partial charge in [0.1, 0.15) is 6.07 Å². The third-order valence-electron chi connectivity index (χ3n) is 3.83. The summed E-state index contributed by atoms with van der Waals surface area (Å²) in [6.07, 6.45) is 6.21. The zero-order valence-electron chi connectivity index (χ0n) is 12.4. The molecule has 4 aromatic rings. The van der Waals surface area contributed by atoms with Gasteiger partial charge >= 0.3 is 0 Å². The number of aromatic amines is 1. The van der Waals surface area contributed by atoms with Crippen LogP contribution in [-0.4, -0.2) is 20.2 Å². The fourth-order valence-electron chi connectivity index (χ4n) is 2.69. The molecule has 0 unspecified atom stereocenters. The van der Waals surface area contributed by atoms with E-state index in [1.54, 1.807) is 12.3 Å². The Morgan fingerprint density at radius 1 is 1.08 bits per heavy atom. The van der Waals surface area contributed by atoms with Crippen LogP contribution < -0.4 is 0 Å². The van der Waals surface area contributed by atoms with Crippen LogP contribution in [0.5, 0.6) is 0 Å². The van der Waals surface area contributed by atoms with E-state index in [1.165, 1.54) is 24.7 Å². The van der Waals surface area contributed by atoms with Gasteiger partial charge in [0.05, 0.1) is 29.2 Å². The van der Waals surface area contributed by atoms with Gasteiger partial charge in [-0.25, -0.2) is 4.39 Å². The number of benzene rings is 2. The van der Waals surface area contributed by atoms with Crippen LogP contribution in [0.25, 0.3) is 33.3 Å². The van der Waals surface area contributed by atoms with E-state index in [0.29, 0.717) is 11.3 Å². The van der Waals surface area contributed by atoms with Crippen molar-refractivity contribution in [1.29, 1.82) is 5.26 Å². The molecule has 24 heavy (non-hydrogen) atoms. The number of hydrogen-bond donors (Lipinski definition) is 1. The summed E-state index contributed by atoms with van der Waals surface area (Å²) in [5.41, 5.74) is 2.99. The second-order valence-electron chi connectivity index (χ2n) is 5.22. The lowest BCUT2D eigenvalue weighted by atomic mass is 9.94. The lowest BCUT2D eigenvalue weighted by molar-refractivity contribution is 0.627. The molecule has 114 valence electrons. The van der Waals surface area contributed by atoms with Crippen molar-refractivity contribution in [3.05, 3.63) is 66.5 Å². The molecule has 0 bridgehead atoms. The molecule has 2 heterocycles. The Morgan fingerprint density at radius 3 is 2.79 bits per heavy atom. The van der Waals surface area contributed by atoms with Crippen LogP contribution >= 0.6 is 0 Å². The molecule has 0 aliphatic heterocycles. The molecule has 1 N–H and O–H groups in total. The summed E-state index contributed by atoms with van der Waals surface area (Å²) in [6, 6.07) is 10.8. The molecule has 0 saturated heterocycles. The van der Waals surface area contributed by atoms with Crippen LogP contribution in [0.4, 0.5) is 4.39 Å². The minimum Gasteiger partial charge on any atom is -0.278 e. The molecule has 2 aromatic carbocycles. The smallest absolute Gasteiger partial charge is 0.151 e. The van der Waals surface area contributed by atoms with Crippen LogP contribution in [0.15, 0.2) is 55.1 Å². The molecule has 0 fully saturated rings. The minimum atomic E-state index is -0.595. The van der Waals surface area contributed by atoms with Crippen LogP contribution in [-0.2, 0) is 0 Å². The molecule has 2 aromatic heterocycles. The molecule has 0 spiro atoms. The van der Waals surface area contributed by atoms with Crippen molar-refractivity contribution in [2.45, 2.75) is 0 Å². The maximum atomic E-state index is 14.8.